The number of rotatable bonds is 3. The minimum atomic E-state index is -4.97. The van der Waals surface area contributed by atoms with Gasteiger partial charge < -0.3 is 19.3 Å². The molecule has 2 amide bonds. The Morgan fingerprint density at radius 3 is 2.30 bits per heavy atom. The molecular formula is C18H21F3N2O4. The normalized spacial score (nSPS) is 19.7. The lowest BCUT2D eigenvalue weighted by molar-refractivity contribution is -0.187. The number of carbonyl (C=O) groups is 2. The summed E-state index contributed by atoms with van der Waals surface area (Å²) in [5.74, 6) is -1.26. The van der Waals surface area contributed by atoms with Crippen molar-refractivity contribution >= 4 is 11.8 Å². The Hall–Kier alpha value is -2.45. The number of halogens is 3. The monoisotopic (exact) mass is 386 g/mol. The highest BCUT2D eigenvalue weighted by molar-refractivity contribution is 5.90. The first-order valence-electron chi connectivity index (χ1n) is 8.66. The lowest BCUT2D eigenvalue weighted by atomic mass is 9.98. The maximum absolute atomic E-state index is 12.8. The highest BCUT2D eigenvalue weighted by atomic mass is 19.4. The first kappa shape index (κ1) is 19.3. The minimum absolute atomic E-state index is 0.0514. The number of hydrogen-bond acceptors (Lipinski definition) is 4. The number of nitrogens with zero attached hydrogens (tertiary/aromatic N) is 2. The molecule has 1 atom stereocenters. The highest BCUT2D eigenvalue weighted by Gasteiger charge is 2.48. The maximum Gasteiger partial charge on any atom is 0.471 e. The third-order valence-electron chi connectivity index (χ3n) is 5.07. The van der Waals surface area contributed by atoms with Crippen molar-refractivity contribution in [2.24, 2.45) is 0 Å². The van der Waals surface area contributed by atoms with Gasteiger partial charge in [0.05, 0.1) is 14.2 Å². The molecule has 1 aromatic carbocycles. The topological polar surface area (TPSA) is 59.1 Å². The molecule has 0 N–H and O–H groups in total. The van der Waals surface area contributed by atoms with Crippen molar-refractivity contribution in [3.05, 3.63) is 23.3 Å². The summed E-state index contributed by atoms with van der Waals surface area (Å²) in [6, 6.07) is 2.58. The molecule has 0 radical (unpaired) electrons. The second-order valence-corrected chi connectivity index (χ2v) is 6.64. The van der Waals surface area contributed by atoms with Crippen LogP contribution in [0.1, 0.15) is 24.0 Å². The molecule has 1 aromatic rings. The second-order valence-electron chi connectivity index (χ2n) is 6.64. The van der Waals surface area contributed by atoms with Gasteiger partial charge in [0.25, 0.3) is 0 Å². The van der Waals surface area contributed by atoms with E-state index in [4.69, 9.17) is 9.47 Å². The standard InChI is InChI=1S/C18H21F3N2O4/c1-26-14-8-11-5-7-22(10-12(11)9-15(14)27-2)16(24)13-4-3-6-23(13)17(25)18(19,20)21/h8-9,13H,3-7,10H2,1-2H3. The zero-order chi connectivity index (χ0) is 19.8. The number of alkyl halides is 3. The van der Waals surface area contributed by atoms with Crippen LogP contribution >= 0.6 is 0 Å². The van der Waals surface area contributed by atoms with E-state index in [1.807, 2.05) is 6.07 Å². The van der Waals surface area contributed by atoms with Gasteiger partial charge in [0, 0.05) is 19.6 Å². The third-order valence-corrected chi connectivity index (χ3v) is 5.07. The van der Waals surface area contributed by atoms with Crippen LogP contribution in [0.2, 0.25) is 0 Å². The van der Waals surface area contributed by atoms with Crippen LogP contribution < -0.4 is 9.47 Å². The molecule has 3 rings (SSSR count). The maximum atomic E-state index is 12.8. The summed E-state index contributed by atoms with van der Waals surface area (Å²) in [4.78, 5) is 26.6. The number of benzene rings is 1. The molecule has 0 bridgehead atoms. The minimum Gasteiger partial charge on any atom is -0.493 e. The quantitative estimate of drug-likeness (QED) is 0.799. The second kappa shape index (κ2) is 7.28. The Morgan fingerprint density at radius 2 is 1.70 bits per heavy atom. The van der Waals surface area contributed by atoms with Gasteiger partial charge in [-0.15, -0.1) is 0 Å². The third kappa shape index (κ3) is 3.68. The number of fused-ring (bicyclic) bond motifs is 1. The van der Waals surface area contributed by atoms with Crippen molar-refractivity contribution in [3.63, 3.8) is 0 Å². The molecule has 2 aliphatic rings. The van der Waals surface area contributed by atoms with Crippen LogP contribution in [-0.2, 0) is 22.6 Å². The van der Waals surface area contributed by atoms with Crippen molar-refractivity contribution in [2.45, 2.75) is 38.0 Å². The Morgan fingerprint density at radius 1 is 1.07 bits per heavy atom. The zero-order valence-corrected chi connectivity index (χ0v) is 15.1. The number of carbonyl (C=O) groups excluding carboxylic acids is 2. The lowest BCUT2D eigenvalue weighted by Gasteiger charge is -2.34. The van der Waals surface area contributed by atoms with E-state index in [2.05, 4.69) is 0 Å². The van der Waals surface area contributed by atoms with Crippen molar-refractivity contribution in [1.82, 2.24) is 9.80 Å². The lowest BCUT2D eigenvalue weighted by Crippen LogP contribution is -2.52. The fraction of sp³-hybridized carbons (Fsp3) is 0.556. The van der Waals surface area contributed by atoms with Crippen LogP contribution in [0.3, 0.4) is 0 Å². The predicted octanol–water partition coefficient (Wildman–Crippen LogP) is 2.14. The number of hydrogen-bond donors (Lipinski definition) is 0. The summed E-state index contributed by atoms with van der Waals surface area (Å²) in [6.07, 6.45) is -3.79. The van der Waals surface area contributed by atoms with E-state index in [9.17, 15) is 22.8 Å². The number of amides is 2. The van der Waals surface area contributed by atoms with Crippen LogP contribution in [0.15, 0.2) is 12.1 Å². The molecule has 0 saturated carbocycles. The molecule has 2 aliphatic heterocycles. The summed E-state index contributed by atoms with van der Waals surface area (Å²) in [5, 5.41) is 0. The van der Waals surface area contributed by atoms with Crippen molar-refractivity contribution < 1.29 is 32.2 Å². The first-order chi connectivity index (χ1) is 12.8. The molecule has 0 aromatic heterocycles. The van der Waals surface area contributed by atoms with Crippen molar-refractivity contribution in [2.75, 3.05) is 27.3 Å². The van der Waals surface area contributed by atoms with Crippen LogP contribution in [-0.4, -0.2) is 61.1 Å². The van der Waals surface area contributed by atoms with Gasteiger partial charge in [-0.25, -0.2) is 0 Å². The summed E-state index contributed by atoms with van der Waals surface area (Å²) in [7, 11) is 3.05. The Balaban J connectivity index is 1.78. The van der Waals surface area contributed by atoms with E-state index in [-0.39, 0.29) is 19.5 Å². The Kier molecular flexibility index (Phi) is 5.21. The fourth-order valence-corrected chi connectivity index (χ4v) is 3.71. The molecule has 1 unspecified atom stereocenters. The van der Waals surface area contributed by atoms with Gasteiger partial charge in [-0.1, -0.05) is 0 Å². The average molecular weight is 386 g/mol. The number of likely N-dealkylation sites (tertiary alicyclic amines) is 1. The highest BCUT2D eigenvalue weighted by Crippen LogP contribution is 2.34. The van der Waals surface area contributed by atoms with Gasteiger partial charge in [-0.2, -0.15) is 13.2 Å². The summed E-state index contributed by atoms with van der Waals surface area (Å²) in [5.41, 5.74) is 1.87. The molecule has 27 heavy (non-hydrogen) atoms. The van der Waals surface area contributed by atoms with Crippen LogP contribution in [0.25, 0.3) is 0 Å². The smallest absolute Gasteiger partial charge is 0.471 e. The Labute approximate surface area is 154 Å². The number of methoxy groups -OCH3 is 2. The van der Waals surface area contributed by atoms with Crippen molar-refractivity contribution in [1.29, 1.82) is 0 Å². The van der Waals surface area contributed by atoms with Crippen molar-refractivity contribution in [3.8, 4) is 11.5 Å². The van der Waals surface area contributed by atoms with E-state index >= 15 is 0 Å². The number of ether oxygens (including phenoxy) is 2. The van der Waals surface area contributed by atoms with Gasteiger partial charge in [-0.3, -0.25) is 9.59 Å². The van der Waals surface area contributed by atoms with E-state index in [0.29, 0.717) is 35.8 Å². The van der Waals surface area contributed by atoms with Gasteiger partial charge in [0.1, 0.15) is 6.04 Å². The zero-order valence-electron chi connectivity index (χ0n) is 15.1. The molecule has 0 spiro atoms. The molecule has 0 aliphatic carbocycles. The van der Waals surface area contributed by atoms with Gasteiger partial charge in [-0.05, 0) is 42.5 Å². The van der Waals surface area contributed by atoms with Gasteiger partial charge >= 0.3 is 12.1 Å². The largest absolute Gasteiger partial charge is 0.493 e. The van der Waals surface area contributed by atoms with Crippen LogP contribution in [0.4, 0.5) is 13.2 Å². The molecule has 1 saturated heterocycles. The molecular weight excluding hydrogens is 365 g/mol. The van der Waals surface area contributed by atoms with E-state index in [0.717, 1.165) is 11.1 Å². The molecule has 148 valence electrons. The average Bonchev–Trinajstić information content (AvgIpc) is 3.13. The molecule has 9 heteroatoms. The van der Waals surface area contributed by atoms with E-state index < -0.39 is 24.0 Å². The van der Waals surface area contributed by atoms with E-state index in [1.165, 1.54) is 19.1 Å². The van der Waals surface area contributed by atoms with Crippen LogP contribution in [0.5, 0.6) is 11.5 Å². The summed E-state index contributed by atoms with van der Waals surface area (Å²) in [6.45, 7) is 0.592. The van der Waals surface area contributed by atoms with Crippen LogP contribution in [0, 0.1) is 0 Å². The molecule has 6 nitrogen and oxygen atoms in total. The molecule has 1 fully saturated rings. The summed E-state index contributed by atoms with van der Waals surface area (Å²) >= 11 is 0. The summed E-state index contributed by atoms with van der Waals surface area (Å²) < 4.78 is 48.9. The SMILES string of the molecule is COc1cc2c(cc1OC)CN(C(=O)C1CCCN1C(=O)C(F)(F)F)CC2. The predicted molar refractivity (Wildman–Crippen MR) is 89.5 cm³/mol. The van der Waals surface area contributed by atoms with Gasteiger partial charge in [0.2, 0.25) is 5.91 Å². The van der Waals surface area contributed by atoms with Gasteiger partial charge in [0.15, 0.2) is 11.5 Å². The Bertz CT molecular complexity index is 751. The molecule has 2 heterocycles. The fourth-order valence-electron chi connectivity index (χ4n) is 3.71. The van der Waals surface area contributed by atoms with E-state index in [1.54, 1.807) is 6.07 Å². The first-order valence-corrected chi connectivity index (χ1v) is 8.66.